The lowest BCUT2D eigenvalue weighted by atomic mass is 9.98. The topological polar surface area (TPSA) is 61.4 Å². The van der Waals surface area contributed by atoms with Crippen LogP contribution in [0.25, 0.3) is 100 Å². The number of aromatic nitrogens is 6. The zero-order valence-corrected chi connectivity index (χ0v) is 30.2. The van der Waals surface area contributed by atoms with Crippen LogP contribution >= 0.6 is 0 Å². The zero-order chi connectivity index (χ0) is 37.0. The van der Waals surface area contributed by atoms with Gasteiger partial charge in [0.1, 0.15) is 0 Å². The van der Waals surface area contributed by atoms with Crippen molar-refractivity contribution in [2.75, 3.05) is 0 Å². The molecule has 0 bridgehead atoms. The Labute approximate surface area is 322 Å². The molecule has 0 amide bonds. The average molecular weight is 717 g/mol. The van der Waals surface area contributed by atoms with Crippen LogP contribution in [0, 0.1) is 0 Å². The smallest absolute Gasteiger partial charge is 0.0963 e. The molecular weight excluding hydrogens is 685 g/mol. The van der Waals surface area contributed by atoms with E-state index in [0.717, 1.165) is 83.8 Å². The number of hydrogen-bond donors (Lipinski definition) is 0. The van der Waals surface area contributed by atoms with Crippen LogP contribution in [0.4, 0.5) is 0 Å². The van der Waals surface area contributed by atoms with Crippen LogP contribution in [0.15, 0.2) is 195 Å². The molecule has 6 heterocycles. The summed E-state index contributed by atoms with van der Waals surface area (Å²) in [5.41, 5.74) is 15.5. The summed E-state index contributed by atoms with van der Waals surface area (Å²) < 4.78 is 4.69. The predicted molar refractivity (Wildman–Crippen MR) is 228 cm³/mol. The van der Waals surface area contributed by atoms with E-state index in [1.54, 1.807) is 12.4 Å². The van der Waals surface area contributed by atoms with E-state index in [1.807, 2.05) is 48.7 Å². The fourth-order valence-electron chi connectivity index (χ4n) is 8.19. The lowest BCUT2D eigenvalue weighted by molar-refractivity contribution is 1.18. The van der Waals surface area contributed by atoms with E-state index in [4.69, 9.17) is 9.97 Å². The maximum Gasteiger partial charge on any atom is 0.0963 e. The van der Waals surface area contributed by atoms with Crippen LogP contribution in [0.2, 0.25) is 0 Å². The summed E-state index contributed by atoms with van der Waals surface area (Å²) in [6.07, 6.45) is 5.49. The summed E-state index contributed by atoms with van der Waals surface area (Å²) in [6.45, 7) is 0. The molecule has 0 spiro atoms. The van der Waals surface area contributed by atoms with E-state index in [-0.39, 0.29) is 0 Å². The third kappa shape index (κ3) is 5.19. The molecule has 0 saturated heterocycles. The fourth-order valence-corrected chi connectivity index (χ4v) is 8.19. The van der Waals surface area contributed by atoms with Gasteiger partial charge in [-0.25, -0.2) is 4.98 Å². The molecule has 0 radical (unpaired) electrons. The van der Waals surface area contributed by atoms with Crippen molar-refractivity contribution in [3.05, 3.63) is 195 Å². The van der Waals surface area contributed by atoms with Gasteiger partial charge in [-0.15, -0.1) is 0 Å². The molecule has 0 fully saturated rings. The summed E-state index contributed by atoms with van der Waals surface area (Å²) >= 11 is 0. The number of para-hydroxylation sites is 2. The Balaban J connectivity index is 1.05. The monoisotopic (exact) mass is 716 g/mol. The van der Waals surface area contributed by atoms with E-state index in [0.29, 0.717) is 0 Å². The van der Waals surface area contributed by atoms with Gasteiger partial charge >= 0.3 is 0 Å². The number of benzene rings is 5. The van der Waals surface area contributed by atoms with Crippen molar-refractivity contribution in [3.8, 4) is 56.4 Å². The van der Waals surface area contributed by atoms with Crippen LogP contribution in [0.5, 0.6) is 0 Å². The van der Waals surface area contributed by atoms with Gasteiger partial charge in [0.15, 0.2) is 0 Å². The van der Waals surface area contributed by atoms with Gasteiger partial charge in [0.2, 0.25) is 0 Å². The third-order valence-corrected chi connectivity index (χ3v) is 10.7. The first-order valence-electron chi connectivity index (χ1n) is 18.7. The molecule has 56 heavy (non-hydrogen) atoms. The van der Waals surface area contributed by atoms with E-state index in [2.05, 4.69) is 153 Å². The molecule has 5 aromatic carbocycles. The van der Waals surface area contributed by atoms with Gasteiger partial charge in [0.25, 0.3) is 0 Å². The highest BCUT2D eigenvalue weighted by Crippen LogP contribution is 2.41. The molecule has 0 aliphatic heterocycles. The maximum atomic E-state index is 4.97. The predicted octanol–water partition coefficient (Wildman–Crippen LogP) is 12.1. The van der Waals surface area contributed by atoms with E-state index in [9.17, 15) is 0 Å². The zero-order valence-electron chi connectivity index (χ0n) is 30.2. The molecule has 0 unspecified atom stereocenters. The molecule has 0 aliphatic carbocycles. The Morgan fingerprint density at radius 2 is 0.946 bits per heavy atom. The van der Waals surface area contributed by atoms with Crippen molar-refractivity contribution in [1.82, 2.24) is 29.1 Å². The summed E-state index contributed by atoms with van der Waals surface area (Å²) in [7, 11) is 0. The lowest BCUT2D eigenvalue weighted by Crippen LogP contribution is -1.95. The van der Waals surface area contributed by atoms with Crippen molar-refractivity contribution < 1.29 is 0 Å². The van der Waals surface area contributed by atoms with Crippen LogP contribution in [0.3, 0.4) is 0 Å². The standard InChI is InChI=1S/C50H32N6/c1-2-12-36(13-3-1)56-46-26-23-34(30-40(46)50-48(56)20-11-29-53-50)38-15-10-19-47-49(38)39-14-4-5-18-45(39)55(47)37-24-21-33(22-25-37)35-31-43(41-16-6-8-27-51-41)54-44(32-35)42-17-7-9-28-52-42/h1-32H. The molecule has 6 heteroatoms. The molecule has 0 saturated carbocycles. The molecular formula is C50H32N6. The highest BCUT2D eigenvalue weighted by Gasteiger charge is 2.19. The second kappa shape index (κ2) is 13.0. The Bertz CT molecular complexity index is 3160. The minimum Gasteiger partial charge on any atom is -0.309 e. The summed E-state index contributed by atoms with van der Waals surface area (Å²) in [5, 5.41) is 3.56. The minimum atomic E-state index is 0.807. The van der Waals surface area contributed by atoms with Gasteiger partial charge in [-0.2, -0.15) is 0 Å². The van der Waals surface area contributed by atoms with Crippen LogP contribution in [0.1, 0.15) is 0 Å². The Morgan fingerprint density at radius 3 is 1.70 bits per heavy atom. The van der Waals surface area contributed by atoms with Crippen LogP contribution < -0.4 is 0 Å². The van der Waals surface area contributed by atoms with Gasteiger partial charge in [-0.3, -0.25) is 15.0 Å². The number of rotatable bonds is 6. The highest BCUT2D eigenvalue weighted by molar-refractivity contribution is 6.17. The molecule has 0 atom stereocenters. The molecule has 0 aliphatic rings. The molecule has 11 aromatic rings. The van der Waals surface area contributed by atoms with E-state index >= 15 is 0 Å². The van der Waals surface area contributed by atoms with Crippen molar-refractivity contribution in [2.24, 2.45) is 0 Å². The lowest BCUT2D eigenvalue weighted by Gasteiger charge is -2.12. The number of nitrogens with zero attached hydrogens (tertiary/aromatic N) is 6. The largest absolute Gasteiger partial charge is 0.309 e. The van der Waals surface area contributed by atoms with Crippen LogP contribution in [-0.2, 0) is 0 Å². The van der Waals surface area contributed by atoms with Crippen molar-refractivity contribution in [2.45, 2.75) is 0 Å². The molecule has 0 N–H and O–H groups in total. The first kappa shape index (κ1) is 31.8. The molecule has 6 nitrogen and oxygen atoms in total. The van der Waals surface area contributed by atoms with Gasteiger partial charge < -0.3 is 9.13 Å². The summed E-state index contributed by atoms with van der Waals surface area (Å²) in [5.74, 6) is 0. The average Bonchev–Trinajstić information content (AvgIpc) is 3.80. The normalized spacial score (nSPS) is 11.6. The second-order valence-electron chi connectivity index (χ2n) is 13.9. The first-order valence-corrected chi connectivity index (χ1v) is 18.7. The molecule has 11 rings (SSSR count). The second-order valence-corrected chi connectivity index (χ2v) is 13.9. The Kier molecular flexibility index (Phi) is 7.38. The van der Waals surface area contributed by atoms with Gasteiger partial charge in [-0.05, 0) is 119 Å². The van der Waals surface area contributed by atoms with Crippen molar-refractivity contribution in [1.29, 1.82) is 0 Å². The van der Waals surface area contributed by atoms with E-state index < -0.39 is 0 Å². The molecule has 262 valence electrons. The summed E-state index contributed by atoms with van der Waals surface area (Å²) in [6, 6.07) is 61.7. The first-order chi connectivity index (χ1) is 27.8. The maximum absolute atomic E-state index is 4.97. The Morgan fingerprint density at radius 1 is 0.339 bits per heavy atom. The summed E-state index contributed by atoms with van der Waals surface area (Å²) in [4.78, 5) is 19.1. The van der Waals surface area contributed by atoms with Gasteiger partial charge in [0.05, 0.1) is 50.4 Å². The van der Waals surface area contributed by atoms with Crippen LogP contribution in [-0.4, -0.2) is 29.1 Å². The van der Waals surface area contributed by atoms with E-state index in [1.165, 1.54) is 16.3 Å². The fraction of sp³-hybridized carbons (Fsp3) is 0. The minimum absolute atomic E-state index is 0.807. The van der Waals surface area contributed by atoms with Gasteiger partial charge in [0, 0.05) is 46.1 Å². The quantitative estimate of drug-likeness (QED) is 0.172. The van der Waals surface area contributed by atoms with Crippen molar-refractivity contribution >= 4 is 43.7 Å². The number of hydrogen-bond acceptors (Lipinski definition) is 4. The number of pyridine rings is 4. The van der Waals surface area contributed by atoms with Gasteiger partial charge in [-0.1, -0.05) is 78.9 Å². The third-order valence-electron chi connectivity index (χ3n) is 10.7. The number of fused-ring (bicyclic) bond motifs is 6. The molecule has 6 aromatic heterocycles. The SMILES string of the molecule is c1ccc(-n2c3ccc(-c4cccc5c4c4ccccc4n5-c4ccc(-c5cc(-c6ccccn6)nc(-c6ccccn6)c5)cc4)cc3c3ncccc32)cc1. The Hall–Kier alpha value is -7.70. The van der Waals surface area contributed by atoms with Crippen molar-refractivity contribution in [3.63, 3.8) is 0 Å². The highest BCUT2D eigenvalue weighted by atomic mass is 15.0.